The minimum Gasteiger partial charge on any atom is -0.377 e. The van der Waals surface area contributed by atoms with Crippen molar-refractivity contribution in [1.82, 2.24) is 15.2 Å². The van der Waals surface area contributed by atoms with Crippen LogP contribution in [0.2, 0.25) is 0 Å². The zero-order valence-corrected chi connectivity index (χ0v) is 15.3. The second kappa shape index (κ2) is 6.82. The number of nitrogens with one attached hydrogen (secondary N) is 1. The smallest absolute Gasteiger partial charge is 0.318 e. The largest absolute Gasteiger partial charge is 0.377 e. The van der Waals surface area contributed by atoms with Gasteiger partial charge in [-0.1, -0.05) is 0 Å². The number of thiophene rings is 1. The predicted molar refractivity (Wildman–Crippen MR) is 95.6 cm³/mol. The third kappa shape index (κ3) is 3.08. The van der Waals surface area contributed by atoms with Gasteiger partial charge >= 0.3 is 6.03 Å². The molecule has 5 nitrogen and oxygen atoms in total. The molecule has 2 amide bonds. The van der Waals surface area contributed by atoms with E-state index in [0.29, 0.717) is 19.8 Å². The second-order valence-electron chi connectivity index (χ2n) is 6.30. The molecular weight excluding hydrogens is 342 g/mol. The van der Waals surface area contributed by atoms with Gasteiger partial charge in [-0.25, -0.2) is 9.78 Å². The van der Waals surface area contributed by atoms with Crippen LogP contribution < -0.4 is 5.32 Å². The zero-order chi connectivity index (χ0) is 16.5. The van der Waals surface area contributed by atoms with Gasteiger partial charge in [-0.3, -0.25) is 0 Å². The van der Waals surface area contributed by atoms with Gasteiger partial charge in [0.15, 0.2) is 0 Å². The Labute approximate surface area is 149 Å². The maximum absolute atomic E-state index is 12.9. The van der Waals surface area contributed by atoms with E-state index < -0.39 is 0 Å². The van der Waals surface area contributed by atoms with Crippen LogP contribution in [-0.4, -0.2) is 35.7 Å². The van der Waals surface area contributed by atoms with E-state index in [1.54, 1.807) is 22.7 Å². The summed E-state index contributed by atoms with van der Waals surface area (Å²) in [5.41, 5.74) is 2.30. The van der Waals surface area contributed by atoms with Crippen molar-refractivity contribution in [3.8, 4) is 0 Å². The molecule has 4 rings (SSSR count). The van der Waals surface area contributed by atoms with E-state index in [1.807, 2.05) is 17.2 Å². The van der Waals surface area contributed by atoms with Crippen LogP contribution in [0.3, 0.4) is 0 Å². The Morgan fingerprint density at radius 1 is 1.46 bits per heavy atom. The summed E-state index contributed by atoms with van der Waals surface area (Å²) in [6.07, 6.45) is 3.29. The number of urea groups is 1. The van der Waals surface area contributed by atoms with Crippen LogP contribution in [0.4, 0.5) is 4.79 Å². The first-order chi connectivity index (χ1) is 11.7. The molecule has 1 aliphatic carbocycles. The topological polar surface area (TPSA) is 54.5 Å². The Balaban J connectivity index is 1.51. The Hall–Kier alpha value is -1.44. The number of amides is 2. The van der Waals surface area contributed by atoms with Gasteiger partial charge in [-0.2, -0.15) is 0 Å². The lowest BCUT2D eigenvalue weighted by atomic mass is 9.94. The summed E-state index contributed by atoms with van der Waals surface area (Å²) in [6.45, 7) is 3.70. The number of aryl methyl sites for hydroxylation is 2. The average Bonchev–Trinajstić information content (AvgIpc) is 3.24. The Morgan fingerprint density at radius 3 is 3.21 bits per heavy atom. The summed E-state index contributed by atoms with van der Waals surface area (Å²) >= 11 is 3.40. The lowest BCUT2D eigenvalue weighted by molar-refractivity contribution is 0.0108. The van der Waals surface area contributed by atoms with Crippen molar-refractivity contribution in [3.63, 3.8) is 0 Å². The molecule has 2 unspecified atom stereocenters. The molecule has 128 valence electrons. The normalized spacial score (nSPS) is 23.8. The monoisotopic (exact) mass is 363 g/mol. The van der Waals surface area contributed by atoms with Gasteiger partial charge in [0.2, 0.25) is 0 Å². The van der Waals surface area contributed by atoms with E-state index >= 15 is 0 Å². The van der Waals surface area contributed by atoms with E-state index in [-0.39, 0.29) is 18.1 Å². The quantitative estimate of drug-likeness (QED) is 0.886. The summed E-state index contributed by atoms with van der Waals surface area (Å²) in [6, 6.07) is 2.21. The van der Waals surface area contributed by atoms with Gasteiger partial charge in [-0.05, 0) is 43.2 Å². The molecule has 2 aliphatic rings. The van der Waals surface area contributed by atoms with Crippen LogP contribution in [0.25, 0.3) is 0 Å². The Bertz CT molecular complexity index is 727. The minimum atomic E-state index is -0.0806. The number of carbonyl (C=O) groups excluding carboxylic acids is 1. The SMILES string of the molecule is Cc1csc(C2COCCN2C(=O)NC2CCCc3sccc32)n1. The molecular formula is C17H21N3O2S2. The number of aromatic nitrogens is 1. The molecule has 0 saturated carbocycles. The molecule has 1 saturated heterocycles. The maximum Gasteiger partial charge on any atom is 0.318 e. The third-order valence-electron chi connectivity index (χ3n) is 4.66. The number of thiazole rings is 1. The lowest BCUT2D eigenvalue weighted by Crippen LogP contribution is -2.49. The van der Waals surface area contributed by atoms with Crippen molar-refractivity contribution in [2.45, 2.75) is 38.3 Å². The Morgan fingerprint density at radius 2 is 2.38 bits per heavy atom. The van der Waals surface area contributed by atoms with Crippen molar-refractivity contribution >= 4 is 28.7 Å². The van der Waals surface area contributed by atoms with Gasteiger partial charge in [0.1, 0.15) is 11.0 Å². The number of hydrogen-bond donors (Lipinski definition) is 1. The zero-order valence-electron chi connectivity index (χ0n) is 13.7. The first-order valence-corrected chi connectivity index (χ1v) is 10.1. The molecule has 2 aromatic heterocycles. The number of hydrogen-bond acceptors (Lipinski definition) is 5. The van der Waals surface area contributed by atoms with Crippen LogP contribution in [0.5, 0.6) is 0 Å². The van der Waals surface area contributed by atoms with Crippen LogP contribution in [-0.2, 0) is 11.2 Å². The van der Waals surface area contributed by atoms with Crippen molar-refractivity contribution in [3.05, 3.63) is 38.0 Å². The number of rotatable bonds is 2. The predicted octanol–water partition coefficient (Wildman–Crippen LogP) is 3.67. The fourth-order valence-electron chi connectivity index (χ4n) is 3.44. The summed E-state index contributed by atoms with van der Waals surface area (Å²) < 4.78 is 5.61. The highest BCUT2D eigenvalue weighted by molar-refractivity contribution is 7.10. The molecule has 0 radical (unpaired) electrons. The maximum atomic E-state index is 12.9. The molecule has 3 heterocycles. The molecule has 0 aromatic carbocycles. The van der Waals surface area contributed by atoms with Gasteiger partial charge in [0.25, 0.3) is 0 Å². The molecule has 0 bridgehead atoms. The van der Waals surface area contributed by atoms with Crippen LogP contribution >= 0.6 is 22.7 Å². The molecule has 1 aliphatic heterocycles. The van der Waals surface area contributed by atoms with Gasteiger partial charge in [0.05, 0.1) is 19.3 Å². The van der Waals surface area contributed by atoms with Crippen molar-refractivity contribution < 1.29 is 9.53 Å². The highest BCUT2D eigenvalue weighted by Gasteiger charge is 2.32. The van der Waals surface area contributed by atoms with E-state index in [9.17, 15) is 4.79 Å². The van der Waals surface area contributed by atoms with Crippen LogP contribution in [0.1, 0.15) is 46.1 Å². The fraction of sp³-hybridized carbons (Fsp3) is 0.529. The third-order valence-corrected chi connectivity index (χ3v) is 6.72. The average molecular weight is 364 g/mol. The summed E-state index contributed by atoms with van der Waals surface area (Å²) in [4.78, 5) is 20.8. The summed E-state index contributed by atoms with van der Waals surface area (Å²) in [7, 11) is 0. The number of ether oxygens (including phenoxy) is 1. The Kier molecular flexibility index (Phi) is 4.56. The van der Waals surface area contributed by atoms with E-state index in [0.717, 1.165) is 30.0 Å². The molecule has 7 heteroatoms. The van der Waals surface area contributed by atoms with Crippen molar-refractivity contribution in [2.24, 2.45) is 0 Å². The molecule has 1 N–H and O–H groups in total. The van der Waals surface area contributed by atoms with E-state index in [1.165, 1.54) is 10.4 Å². The van der Waals surface area contributed by atoms with E-state index in [2.05, 4.69) is 21.7 Å². The van der Waals surface area contributed by atoms with Crippen molar-refractivity contribution in [2.75, 3.05) is 19.8 Å². The molecule has 2 atom stereocenters. The number of fused-ring (bicyclic) bond motifs is 1. The van der Waals surface area contributed by atoms with Gasteiger partial charge in [0, 0.05) is 22.5 Å². The second-order valence-corrected chi connectivity index (χ2v) is 8.20. The standard InChI is InChI=1S/C17H21N3O2S2/c1-11-10-24-16(18-11)14-9-22-7-6-20(14)17(21)19-13-3-2-4-15-12(13)5-8-23-15/h5,8,10,13-14H,2-4,6-7,9H2,1H3,(H,19,21). The van der Waals surface area contributed by atoms with Gasteiger partial charge in [-0.15, -0.1) is 22.7 Å². The molecule has 1 fully saturated rings. The minimum absolute atomic E-state index is 0.000188. The number of morpholine rings is 1. The van der Waals surface area contributed by atoms with Crippen molar-refractivity contribution in [1.29, 1.82) is 0 Å². The van der Waals surface area contributed by atoms with Crippen LogP contribution in [0.15, 0.2) is 16.8 Å². The molecule has 24 heavy (non-hydrogen) atoms. The first-order valence-electron chi connectivity index (χ1n) is 8.35. The van der Waals surface area contributed by atoms with Gasteiger partial charge < -0.3 is 15.0 Å². The first kappa shape index (κ1) is 16.1. The fourth-order valence-corrected chi connectivity index (χ4v) is 5.33. The van der Waals surface area contributed by atoms with Crippen LogP contribution in [0, 0.1) is 6.92 Å². The summed E-state index contributed by atoms with van der Waals surface area (Å²) in [5, 5.41) is 8.37. The molecule has 2 aromatic rings. The molecule has 0 spiro atoms. The highest BCUT2D eigenvalue weighted by atomic mass is 32.1. The van der Waals surface area contributed by atoms with E-state index in [4.69, 9.17) is 4.74 Å². The summed E-state index contributed by atoms with van der Waals surface area (Å²) in [5.74, 6) is 0. The highest BCUT2D eigenvalue weighted by Crippen LogP contribution is 2.34. The lowest BCUT2D eigenvalue weighted by Gasteiger charge is -2.36. The number of carbonyl (C=O) groups is 1. The number of nitrogens with zero attached hydrogens (tertiary/aromatic N) is 2.